The molecule has 0 radical (unpaired) electrons. The van der Waals surface area contributed by atoms with Crippen molar-refractivity contribution in [2.75, 3.05) is 0 Å². The lowest BCUT2D eigenvalue weighted by molar-refractivity contribution is 0.0622. The minimum absolute atomic E-state index is 0. The van der Waals surface area contributed by atoms with E-state index in [1.807, 2.05) is 48.0 Å². The molecule has 1 unspecified atom stereocenters. The summed E-state index contributed by atoms with van der Waals surface area (Å²) in [7, 11) is 1.94. The number of nitriles is 2. The van der Waals surface area contributed by atoms with Gasteiger partial charge in [-0.3, -0.25) is 0 Å². The zero-order chi connectivity index (χ0) is 23.5. The second-order valence-electron chi connectivity index (χ2n) is 7.99. The van der Waals surface area contributed by atoms with Crippen LogP contribution in [0.4, 0.5) is 0 Å². The zero-order valence-corrected chi connectivity index (χ0v) is 20.5. The van der Waals surface area contributed by atoms with Crippen molar-refractivity contribution in [1.29, 1.82) is 10.5 Å². The average molecular weight is 497 g/mol. The van der Waals surface area contributed by atoms with Gasteiger partial charge in [0.2, 0.25) is 0 Å². The maximum atomic E-state index is 9.79. The van der Waals surface area contributed by atoms with E-state index in [-0.39, 0.29) is 18.5 Å². The summed E-state index contributed by atoms with van der Waals surface area (Å²) in [5.74, 6) is 0. The lowest BCUT2D eigenvalue weighted by atomic mass is 9.98. The number of fused-ring (bicyclic) bond motifs is 1. The molecule has 2 aromatic heterocycles. The van der Waals surface area contributed by atoms with Crippen molar-refractivity contribution in [3.63, 3.8) is 0 Å². The summed E-state index contributed by atoms with van der Waals surface area (Å²) < 4.78 is 9.55. The quantitative estimate of drug-likeness (QED) is 0.260. The van der Waals surface area contributed by atoms with Gasteiger partial charge in [-0.2, -0.15) is 10.5 Å². The fraction of sp³-hybridized carbons (Fsp3) is 0.107. The van der Waals surface area contributed by atoms with Gasteiger partial charge in [0.25, 0.3) is 0 Å². The van der Waals surface area contributed by atoms with Crippen molar-refractivity contribution in [3.8, 4) is 22.6 Å². The number of hydrogen-bond acceptors (Lipinski definition) is 5. The highest BCUT2D eigenvalue weighted by Crippen LogP contribution is 2.37. The van der Waals surface area contributed by atoms with Gasteiger partial charge >= 0.3 is 0 Å². The van der Waals surface area contributed by atoms with Gasteiger partial charge in [-0.05, 0) is 52.9 Å². The molecule has 0 saturated carbocycles. The summed E-state index contributed by atoms with van der Waals surface area (Å²) in [6, 6.07) is 28.1. The van der Waals surface area contributed by atoms with Crippen molar-refractivity contribution >= 4 is 33.8 Å². The Balaban J connectivity index is 0.00000289. The van der Waals surface area contributed by atoms with E-state index in [1.54, 1.807) is 36.0 Å². The van der Waals surface area contributed by atoms with Crippen LogP contribution in [-0.2, 0) is 18.4 Å². The largest absolute Gasteiger partial charge is 0.363 e. The summed E-state index contributed by atoms with van der Waals surface area (Å²) in [5, 5.41) is 20.0. The van der Waals surface area contributed by atoms with Crippen LogP contribution in [0.25, 0.3) is 20.5 Å². The molecule has 1 atom stereocenters. The Morgan fingerprint density at radius 2 is 1.80 bits per heavy atom. The standard InChI is InChI=1S/C28H20N4OS.ClH/c1-32-18-31-16-25(32)28(33-17-20-8-6-19(14-29)7-9-20)22-10-11-23(15-30)24(12-22)27-13-21-4-2-3-5-26(21)34-27;/h2-13,16,18,28H,17H2,1H3;1H. The molecule has 0 bridgehead atoms. The Bertz CT molecular complexity index is 1520. The summed E-state index contributed by atoms with van der Waals surface area (Å²) >= 11 is 1.68. The second-order valence-corrected chi connectivity index (χ2v) is 9.08. The first kappa shape index (κ1) is 24.2. The number of aryl methyl sites for hydroxylation is 1. The van der Waals surface area contributed by atoms with Crippen LogP contribution in [0.2, 0.25) is 0 Å². The van der Waals surface area contributed by atoms with Gasteiger partial charge in [0.05, 0.1) is 48.1 Å². The summed E-state index contributed by atoms with van der Waals surface area (Å²) in [6.07, 6.45) is 3.19. The van der Waals surface area contributed by atoms with E-state index in [0.29, 0.717) is 17.7 Å². The Hall–Kier alpha value is -3.94. The van der Waals surface area contributed by atoms with Gasteiger partial charge < -0.3 is 9.30 Å². The van der Waals surface area contributed by atoms with E-state index in [2.05, 4.69) is 41.4 Å². The highest BCUT2D eigenvalue weighted by molar-refractivity contribution is 7.22. The fourth-order valence-corrected chi connectivity index (χ4v) is 5.06. The maximum absolute atomic E-state index is 9.79. The van der Waals surface area contributed by atoms with Crippen LogP contribution in [-0.4, -0.2) is 9.55 Å². The molecule has 0 aliphatic rings. The molecule has 35 heavy (non-hydrogen) atoms. The molecular weight excluding hydrogens is 476 g/mol. The predicted molar refractivity (Wildman–Crippen MR) is 140 cm³/mol. The monoisotopic (exact) mass is 496 g/mol. The first-order chi connectivity index (χ1) is 16.7. The average Bonchev–Trinajstić information content (AvgIpc) is 3.50. The molecule has 5 aromatic rings. The van der Waals surface area contributed by atoms with Gasteiger partial charge in [-0.25, -0.2) is 4.98 Å². The summed E-state index contributed by atoms with van der Waals surface area (Å²) in [5.41, 5.74) is 4.99. The van der Waals surface area contributed by atoms with Crippen molar-refractivity contribution in [3.05, 3.63) is 113 Å². The van der Waals surface area contributed by atoms with E-state index in [1.165, 1.54) is 4.70 Å². The molecule has 0 spiro atoms. The van der Waals surface area contributed by atoms with Gasteiger partial charge in [-0.1, -0.05) is 36.4 Å². The molecule has 172 valence electrons. The van der Waals surface area contributed by atoms with Gasteiger partial charge in [0.1, 0.15) is 6.10 Å². The van der Waals surface area contributed by atoms with Crippen LogP contribution in [0.5, 0.6) is 0 Å². The minimum atomic E-state index is -0.371. The fourth-order valence-electron chi connectivity index (χ4n) is 3.97. The van der Waals surface area contributed by atoms with Crippen molar-refractivity contribution < 1.29 is 4.74 Å². The maximum Gasteiger partial charge on any atom is 0.124 e. The van der Waals surface area contributed by atoms with Crippen molar-refractivity contribution in [2.24, 2.45) is 7.05 Å². The Morgan fingerprint density at radius 3 is 2.49 bits per heavy atom. The molecular formula is C28H21ClN4OS. The highest BCUT2D eigenvalue weighted by Gasteiger charge is 2.21. The minimum Gasteiger partial charge on any atom is -0.363 e. The van der Waals surface area contributed by atoms with E-state index in [9.17, 15) is 5.26 Å². The van der Waals surface area contributed by atoms with Crippen LogP contribution in [0.1, 0.15) is 34.1 Å². The number of nitrogens with zero attached hydrogens (tertiary/aromatic N) is 4. The van der Waals surface area contributed by atoms with Crippen LogP contribution in [0.3, 0.4) is 0 Å². The highest BCUT2D eigenvalue weighted by atomic mass is 35.5. The SMILES string of the molecule is Cl.Cn1cncc1C(OCc1ccc(C#N)cc1)c1ccc(C#N)c(-c2cc3ccccc3s2)c1. The molecule has 0 amide bonds. The van der Waals surface area contributed by atoms with Gasteiger partial charge in [-0.15, -0.1) is 23.7 Å². The third-order valence-electron chi connectivity index (χ3n) is 5.78. The van der Waals surface area contributed by atoms with Crippen molar-refractivity contribution in [1.82, 2.24) is 9.55 Å². The number of hydrogen-bond donors (Lipinski definition) is 0. The van der Waals surface area contributed by atoms with E-state index in [4.69, 9.17) is 10.00 Å². The lowest BCUT2D eigenvalue weighted by Crippen LogP contribution is -2.11. The molecule has 0 N–H and O–H groups in total. The first-order valence-electron chi connectivity index (χ1n) is 10.8. The number of aromatic nitrogens is 2. The van der Waals surface area contributed by atoms with Gasteiger partial charge in [0, 0.05) is 22.2 Å². The summed E-state index contributed by atoms with van der Waals surface area (Å²) in [4.78, 5) is 5.34. The van der Waals surface area contributed by atoms with Crippen LogP contribution >= 0.6 is 23.7 Å². The second kappa shape index (κ2) is 10.5. The van der Waals surface area contributed by atoms with Crippen molar-refractivity contribution in [2.45, 2.75) is 12.7 Å². The number of thiophene rings is 1. The molecule has 0 aliphatic carbocycles. The molecule has 0 aliphatic heterocycles. The molecule has 3 aromatic carbocycles. The third-order valence-corrected chi connectivity index (χ3v) is 6.93. The van der Waals surface area contributed by atoms with E-state index < -0.39 is 0 Å². The Kier molecular flexibility index (Phi) is 7.29. The zero-order valence-electron chi connectivity index (χ0n) is 18.9. The number of halogens is 1. The first-order valence-corrected chi connectivity index (χ1v) is 11.6. The number of ether oxygens (including phenoxy) is 1. The topological polar surface area (TPSA) is 74.6 Å². The third kappa shape index (κ3) is 4.96. The Labute approximate surface area is 213 Å². The molecule has 5 nitrogen and oxygen atoms in total. The molecule has 7 heteroatoms. The summed E-state index contributed by atoms with van der Waals surface area (Å²) in [6.45, 7) is 0.375. The molecule has 5 rings (SSSR count). The van der Waals surface area contributed by atoms with Crippen LogP contribution in [0, 0.1) is 22.7 Å². The van der Waals surface area contributed by atoms with E-state index >= 15 is 0 Å². The molecule has 0 saturated heterocycles. The number of benzene rings is 3. The normalized spacial score (nSPS) is 11.4. The lowest BCUT2D eigenvalue weighted by Gasteiger charge is -2.20. The van der Waals surface area contributed by atoms with Crippen LogP contribution < -0.4 is 0 Å². The number of rotatable bonds is 6. The van der Waals surface area contributed by atoms with Gasteiger partial charge in [0.15, 0.2) is 0 Å². The smallest absolute Gasteiger partial charge is 0.124 e. The number of imidazole rings is 1. The molecule has 0 fully saturated rings. The van der Waals surface area contributed by atoms with Crippen LogP contribution in [0.15, 0.2) is 85.3 Å². The molecule has 2 heterocycles. The predicted octanol–water partition coefficient (Wildman–Crippen LogP) is 6.77. The Morgan fingerprint density at radius 1 is 1.00 bits per heavy atom. The van der Waals surface area contributed by atoms with E-state index in [0.717, 1.165) is 32.6 Å².